The fourth-order valence-corrected chi connectivity index (χ4v) is 4.04. The van der Waals surface area contributed by atoms with Gasteiger partial charge in [0.25, 0.3) is 5.91 Å². The number of benzene rings is 1. The van der Waals surface area contributed by atoms with E-state index < -0.39 is 0 Å². The number of carbonyl (C=O) groups excluding carboxylic acids is 1. The number of halogens is 2. The lowest BCUT2D eigenvalue weighted by atomic mass is 9.78. The van der Waals surface area contributed by atoms with Crippen molar-refractivity contribution in [2.24, 2.45) is 0 Å². The van der Waals surface area contributed by atoms with Crippen LogP contribution in [-0.4, -0.2) is 36.0 Å². The maximum absolute atomic E-state index is 13.5. The summed E-state index contributed by atoms with van der Waals surface area (Å²) in [4.78, 5) is 14.9. The summed E-state index contributed by atoms with van der Waals surface area (Å²) in [7, 11) is 0. The summed E-state index contributed by atoms with van der Waals surface area (Å²) >= 11 is 3.38. The van der Waals surface area contributed by atoms with Gasteiger partial charge >= 0.3 is 0 Å². The molecule has 0 bridgehead atoms. The zero-order valence-electron chi connectivity index (χ0n) is 12.0. The fourth-order valence-electron chi connectivity index (χ4n) is 3.62. The van der Waals surface area contributed by atoms with Crippen molar-refractivity contribution < 1.29 is 9.18 Å². The van der Waals surface area contributed by atoms with E-state index in [-0.39, 0.29) is 17.3 Å². The van der Waals surface area contributed by atoms with Crippen LogP contribution in [0, 0.1) is 5.82 Å². The molecule has 1 saturated carbocycles. The maximum atomic E-state index is 13.5. The van der Waals surface area contributed by atoms with Crippen molar-refractivity contribution in [3.8, 4) is 0 Å². The van der Waals surface area contributed by atoms with Crippen molar-refractivity contribution >= 4 is 21.8 Å². The molecule has 3 nitrogen and oxygen atoms in total. The summed E-state index contributed by atoms with van der Waals surface area (Å²) in [5, 5.41) is 3.43. The molecular formula is C16H20BrFN2O. The Morgan fingerprint density at radius 2 is 2.05 bits per heavy atom. The van der Waals surface area contributed by atoms with Gasteiger partial charge in [0.1, 0.15) is 5.82 Å². The van der Waals surface area contributed by atoms with Crippen LogP contribution in [0.1, 0.15) is 42.5 Å². The van der Waals surface area contributed by atoms with Gasteiger partial charge in [0.15, 0.2) is 0 Å². The second-order valence-electron chi connectivity index (χ2n) is 6.04. The van der Waals surface area contributed by atoms with Gasteiger partial charge in [0.2, 0.25) is 0 Å². The van der Waals surface area contributed by atoms with Gasteiger partial charge in [-0.3, -0.25) is 4.79 Å². The molecule has 0 aromatic heterocycles. The van der Waals surface area contributed by atoms with Gasteiger partial charge in [0, 0.05) is 24.1 Å². The number of hydrogen-bond donors (Lipinski definition) is 1. The maximum Gasteiger partial charge on any atom is 0.255 e. The van der Waals surface area contributed by atoms with E-state index in [1.165, 1.54) is 18.6 Å². The zero-order valence-corrected chi connectivity index (χ0v) is 13.6. The first-order valence-corrected chi connectivity index (χ1v) is 8.39. The molecule has 1 aliphatic heterocycles. The van der Waals surface area contributed by atoms with Gasteiger partial charge in [-0.25, -0.2) is 4.39 Å². The van der Waals surface area contributed by atoms with Crippen LogP contribution in [0.4, 0.5) is 4.39 Å². The van der Waals surface area contributed by atoms with Crippen LogP contribution in [0.15, 0.2) is 22.7 Å². The molecule has 0 radical (unpaired) electrons. The molecule has 21 heavy (non-hydrogen) atoms. The third-order valence-corrected chi connectivity index (χ3v) is 5.42. The first-order valence-electron chi connectivity index (χ1n) is 7.60. The summed E-state index contributed by atoms with van der Waals surface area (Å²) < 4.78 is 14.2. The van der Waals surface area contributed by atoms with Crippen LogP contribution in [0.5, 0.6) is 0 Å². The van der Waals surface area contributed by atoms with Gasteiger partial charge in [-0.1, -0.05) is 19.3 Å². The lowest BCUT2D eigenvalue weighted by Gasteiger charge is -2.50. The van der Waals surface area contributed by atoms with E-state index in [1.807, 2.05) is 4.90 Å². The molecule has 1 aromatic rings. The molecule has 1 spiro atoms. The third-order valence-electron chi connectivity index (χ3n) is 4.73. The Kier molecular flexibility index (Phi) is 4.31. The van der Waals surface area contributed by atoms with E-state index in [1.54, 1.807) is 6.07 Å². The van der Waals surface area contributed by atoms with Gasteiger partial charge in [0.05, 0.1) is 11.1 Å². The molecule has 1 amide bonds. The highest BCUT2D eigenvalue weighted by molar-refractivity contribution is 9.10. The Morgan fingerprint density at radius 1 is 1.29 bits per heavy atom. The van der Waals surface area contributed by atoms with Crippen molar-refractivity contribution in [1.29, 1.82) is 0 Å². The first kappa shape index (κ1) is 15.0. The number of carbonyl (C=O) groups is 1. The summed E-state index contributed by atoms with van der Waals surface area (Å²) in [6, 6.07) is 4.32. The predicted molar refractivity (Wildman–Crippen MR) is 83.8 cm³/mol. The van der Waals surface area contributed by atoms with E-state index >= 15 is 0 Å². The lowest BCUT2D eigenvalue weighted by Crippen LogP contribution is -2.63. The van der Waals surface area contributed by atoms with Crippen molar-refractivity contribution in [3.63, 3.8) is 0 Å². The summed E-state index contributed by atoms with van der Waals surface area (Å²) in [6.07, 6.45) is 5.65. The Balaban J connectivity index is 1.92. The number of piperazine rings is 1. The molecule has 2 fully saturated rings. The molecule has 5 heteroatoms. The highest BCUT2D eigenvalue weighted by Crippen LogP contribution is 2.36. The molecule has 2 aliphatic rings. The number of hydrogen-bond acceptors (Lipinski definition) is 2. The van der Waals surface area contributed by atoms with Gasteiger partial charge in [-0.15, -0.1) is 0 Å². The SMILES string of the molecule is O=C(c1cc(F)ccc1Br)N1CCNCC12CCCCC2. The highest BCUT2D eigenvalue weighted by Gasteiger charge is 2.42. The van der Waals surface area contributed by atoms with Crippen molar-refractivity contribution in [2.45, 2.75) is 37.6 Å². The van der Waals surface area contributed by atoms with Gasteiger partial charge < -0.3 is 10.2 Å². The van der Waals surface area contributed by atoms with E-state index in [4.69, 9.17) is 0 Å². The van der Waals surface area contributed by atoms with Crippen LogP contribution in [0.25, 0.3) is 0 Å². The Hall–Kier alpha value is -0.940. The number of amides is 1. The Labute approximate surface area is 133 Å². The average Bonchev–Trinajstić information content (AvgIpc) is 2.50. The van der Waals surface area contributed by atoms with Crippen molar-refractivity contribution in [3.05, 3.63) is 34.1 Å². The van der Waals surface area contributed by atoms with Crippen molar-refractivity contribution in [2.75, 3.05) is 19.6 Å². The standard InChI is InChI=1S/C16H20BrFN2O/c17-14-5-4-12(18)10-13(14)15(21)20-9-8-19-11-16(20)6-2-1-3-7-16/h4-5,10,19H,1-3,6-9,11H2. The monoisotopic (exact) mass is 354 g/mol. The molecule has 1 aromatic carbocycles. The molecule has 0 unspecified atom stereocenters. The Morgan fingerprint density at radius 3 is 2.81 bits per heavy atom. The quantitative estimate of drug-likeness (QED) is 0.838. The third kappa shape index (κ3) is 2.86. The lowest BCUT2D eigenvalue weighted by molar-refractivity contribution is 0.0221. The molecule has 1 heterocycles. The van der Waals surface area contributed by atoms with Crippen molar-refractivity contribution in [1.82, 2.24) is 10.2 Å². The van der Waals surface area contributed by atoms with E-state index in [9.17, 15) is 9.18 Å². The van der Waals surface area contributed by atoms with Crippen LogP contribution in [-0.2, 0) is 0 Å². The average molecular weight is 355 g/mol. The zero-order chi connectivity index (χ0) is 14.9. The van der Waals surface area contributed by atoms with Crippen LogP contribution >= 0.6 is 15.9 Å². The second kappa shape index (κ2) is 6.05. The first-order chi connectivity index (χ1) is 10.1. The summed E-state index contributed by atoms with van der Waals surface area (Å²) in [5.41, 5.74) is 0.348. The topological polar surface area (TPSA) is 32.3 Å². The number of nitrogens with one attached hydrogen (secondary N) is 1. The normalized spacial score (nSPS) is 21.5. The predicted octanol–water partition coefficient (Wildman–Crippen LogP) is 3.34. The van der Waals surface area contributed by atoms with Crippen LogP contribution in [0.3, 0.4) is 0 Å². The minimum atomic E-state index is -0.366. The minimum absolute atomic E-state index is 0.0511. The van der Waals surface area contributed by atoms with E-state index in [2.05, 4.69) is 21.2 Å². The van der Waals surface area contributed by atoms with E-state index in [0.29, 0.717) is 16.6 Å². The smallest absolute Gasteiger partial charge is 0.255 e. The number of rotatable bonds is 1. The second-order valence-corrected chi connectivity index (χ2v) is 6.90. The summed E-state index contributed by atoms with van der Waals surface area (Å²) in [5.74, 6) is -0.417. The van der Waals surface area contributed by atoms with E-state index in [0.717, 1.165) is 38.8 Å². The van der Waals surface area contributed by atoms with Gasteiger partial charge in [-0.2, -0.15) is 0 Å². The fraction of sp³-hybridized carbons (Fsp3) is 0.562. The van der Waals surface area contributed by atoms with Crippen LogP contribution < -0.4 is 5.32 Å². The minimum Gasteiger partial charge on any atom is -0.330 e. The molecule has 1 saturated heterocycles. The Bertz CT molecular complexity index is 535. The molecule has 0 atom stereocenters. The molecule has 1 aliphatic carbocycles. The number of nitrogens with zero attached hydrogens (tertiary/aromatic N) is 1. The molecule has 3 rings (SSSR count). The van der Waals surface area contributed by atoms with Gasteiger partial charge in [-0.05, 0) is 47.0 Å². The largest absolute Gasteiger partial charge is 0.330 e. The molecule has 114 valence electrons. The highest BCUT2D eigenvalue weighted by atomic mass is 79.9. The summed E-state index contributed by atoms with van der Waals surface area (Å²) in [6.45, 7) is 2.36. The van der Waals surface area contributed by atoms with Crippen LogP contribution in [0.2, 0.25) is 0 Å². The molecular weight excluding hydrogens is 335 g/mol. The molecule has 1 N–H and O–H groups in total.